The Bertz CT molecular complexity index is 435. The zero-order valence-corrected chi connectivity index (χ0v) is 12.0. The van der Waals surface area contributed by atoms with E-state index in [-0.39, 0.29) is 18.9 Å². The van der Waals surface area contributed by atoms with E-state index in [4.69, 9.17) is 10.5 Å². The van der Waals surface area contributed by atoms with Crippen molar-refractivity contribution in [1.82, 2.24) is 0 Å². The molecule has 6 heteroatoms. The van der Waals surface area contributed by atoms with Gasteiger partial charge in [0.1, 0.15) is 5.75 Å². The molecule has 1 aromatic carbocycles. The van der Waals surface area contributed by atoms with Crippen LogP contribution in [-0.4, -0.2) is 30.3 Å². The summed E-state index contributed by atoms with van der Waals surface area (Å²) in [7, 11) is 1.52. The average molecular weight is 317 g/mol. The van der Waals surface area contributed by atoms with Crippen molar-refractivity contribution in [1.29, 1.82) is 0 Å². The molecule has 100 valence electrons. The second-order valence-corrected chi connectivity index (χ2v) is 5.19. The number of amides is 1. The van der Waals surface area contributed by atoms with Crippen molar-refractivity contribution in [3.8, 4) is 5.75 Å². The van der Waals surface area contributed by atoms with E-state index in [1.165, 1.54) is 14.0 Å². The van der Waals surface area contributed by atoms with Crippen molar-refractivity contribution in [2.24, 2.45) is 5.73 Å². The second-order valence-electron chi connectivity index (χ2n) is 4.27. The number of nitrogens with two attached hydrogens (primary N) is 1. The first-order valence-corrected chi connectivity index (χ1v) is 6.23. The van der Waals surface area contributed by atoms with E-state index in [1.54, 1.807) is 12.1 Å². The Morgan fingerprint density at radius 1 is 1.61 bits per heavy atom. The monoisotopic (exact) mass is 316 g/mol. The van der Waals surface area contributed by atoms with Crippen LogP contribution in [0.1, 0.15) is 13.3 Å². The van der Waals surface area contributed by atoms with Gasteiger partial charge in [-0.1, -0.05) is 15.9 Å². The van der Waals surface area contributed by atoms with E-state index in [0.717, 1.165) is 4.47 Å². The first-order chi connectivity index (χ1) is 8.38. The average Bonchev–Trinajstić information content (AvgIpc) is 2.28. The molecule has 0 radical (unpaired) electrons. The summed E-state index contributed by atoms with van der Waals surface area (Å²) in [5.41, 5.74) is 4.71. The molecule has 0 bridgehead atoms. The number of aliphatic hydroxyl groups is 1. The van der Waals surface area contributed by atoms with Crippen LogP contribution in [0.2, 0.25) is 0 Å². The first kappa shape index (κ1) is 14.9. The number of benzene rings is 1. The van der Waals surface area contributed by atoms with Gasteiger partial charge in [0, 0.05) is 11.0 Å². The maximum atomic E-state index is 11.8. The van der Waals surface area contributed by atoms with Gasteiger partial charge in [0.25, 0.3) is 0 Å². The van der Waals surface area contributed by atoms with Crippen LogP contribution in [0.15, 0.2) is 22.7 Å². The number of hydrogen-bond donors (Lipinski definition) is 3. The number of methoxy groups -OCH3 is 1. The molecule has 0 saturated heterocycles. The fourth-order valence-corrected chi connectivity index (χ4v) is 1.75. The zero-order chi connectivity index (χ0) is 13.8. The van der Waals surface area contributed by atoms with Crippen molar-refractivity contribution in [3.63, 3.8) is 0 Å². The van der Waals surface area contributed by atoms with E-state index in [2.05, 4.69) is 21.2 Å². The molecule has 1 amide bonds. The van der Waals surface area contributed by atoms with Crippen molar-refractivity contribution in [2.45, 2.75) is 18.9 Å². The minimum absolute atomic E-state index is 0.0238. The van der Waals surface area contributed by atoms with Crippen LogP contribution in [0.25, 0.3) is 0 Å². The Morgan fingerprint density at radius 3 is 2.83 bits per heavy atom. The lowest BCUT2D eigenvalue weighted by Crippen LogP contribution is -2.38. The van der Waals surface area contributed by atoms with Gasteiger partial charge < -0.3 is 20.9 Å². The SMILES string of the molecule is COc1ccc(Br)cc1NC(=O)CC(C)(O)CN. The van der Waals surface area contributed by atoms with Crippen molar-refractivity contribution < 1.29 is 14.6 Å². The second kappa shape index (κ2) is 6.17. The van der Waals surface area contributed by atoms with Gasteiger partial charge >= 0.3 is 0 Å². The number of carbonyl (C=O) groups excluding carboxylic acids is 1. The lowest BCUT2D eigenvalue weighted by Gasteiger charge is -2.20. The lowest BCUT2D eigenvalue weighted by molar-refractivity contribution is -0.120. The van der Waals surface area contributed by atoms with Gasteiger partial charge in [-0.2, -0.15) is 0 Å². The summed E-state index contributed by atoms with van der Waals surface area (Å²) in [6.07, 6.45) is -0.0703. The highest BCUT2D eigenvalue weighted by molar-refractivity contribution is 9.10. The molecule has 0 fully saturated rings. The largest absolute Gasteiger partial charge is 0.495 e. The fourth-order valence-electron chi connectivity index (χ4n) is 1.39. The van der Waals surface area contributed by atoms with Gasteiger partial charge in [0.2, 0.25) is 5.91 Å². The number of halogens is 1. The minimum Gasteiger partial charge on any atom is -0.495 e. The molecule has 0 heterocycles. The van der Waals surface area contributed by atoms with Gasteiger partial charge in [-0.25, -0.2) is 0 Å². The third-order valence-corrected chi connectivity index (χ3v) is 2.91. The summed E-state index contributed by atoms with van der Waals surface area (Å²) in [6.45, 7) is 1.54. The molecule has 4 N–H and O–H groups in total. The summed E-state index contributed by atoms with van der Waals surface area (Å²) in [5, 5.41) is 12.4. The van der Waals surface area contributed by atoms with Crippen molar-refractivity contribution in [2.75, 3.05) is 19.0 Å². The smallest absolute Gasteiger partial charge is 0.227 e. The van der Waals surface area contributed by atoms with Gasteiger partial charge in [-0.3, -0.25) is 4.79 Å². The molecule has 0 aromatic heterocycles. The molecule has 0 aliphatic carbocycles. The summed E-state index contributed by atoms with van der Waals surface area (Å²) in [5.74, 6) is 0.237. The van der Waals surface area contributed by atoms with E-state index in [0.29, 0.717) is 11.4 Å². The van der Waals surface area contributed by atoms with Crippen LogP contribution in [0.4, 0.5) is 5.69 Å². The predicted octanol–water partition coefficient (Wildman–Crippen LogP) is 1.50. The number of hydrogen-bond acceptors (Lipinski definition) is 4. The molecule has 0 aliphatic rings. The Kier molecular flexibility index (Phi) is 5.13. The molecular weight excluding hydrogens is 300 g/mol. The maximum absolute atomic E-state index is 11.8. The molecule has 0 saturated carbocycles. The number of ether oxygens (including phenoxy) is 1. The highest BCUT2D eigenvalue weighted by Crippen LogP contribution is 2.28. The van der Waals surface area contributed by atoms with Gasteiger partial charge in [-0.15, -0.1) is 0 Å². The third-order valence-electron chi connectivity index (χ3n) is 2.42. The first-order valence-electron chi connectivity index (χ1n) is 5.44. The minimum atomic E-state index is -1.21. The Hall–Kier alpha value is -1.11. The fraction of sp³-hybridized carbons (Fsp3) is 0.417. The number of carbonyl (C=O) groups is 1. The van der Waals surface area contributed by atoms with E-state index in [9.17, 15) is 9.90 Å². The molecule has 1 atom stereocenters. The molecule has 1 aromatic rings. The van der Waals surface area contributed by atoms with Crippen LogP contribution in [0.5, 0.6) is 5.75 Å². The molecule has 1 unspecified atom stereocenters. The number of rotatable bonds is 5. The van der Waals surface area contributed by atoms with Crippen LogP contribution in [0.3, 0.4) is 0 Å². The molecule has 18 heavy (non-hydrogen) atoms. The Morgan fingerprint density at radius 2 is 2.28 bits per heavy atom. The van der Waals surface area contributed by atoms with Gasteiger partial charge in [0.15, 0.2) is 0 Å². The summed E-state index contributed by atoms with van der Waals surface area (Å²) in [4.78, 5) is 11.8. The van der Waals surface area contributed by atoms with E-state index >= 15 is 0 Å². The lowest BCUT2D eigenvalue weighted by atomic mass is 10.0. The Labute approximate surface area is 114 Å². The normalized spacial score (nSPS) is 13.8. The maximum Gasteiger partial charge on any atom is 0.227 e. The van der Waals surface area contributed by atoms with Crippen LogP contribution < -0.4 is 15.8 Å². The quantitative estimate of drug-likeness (QED) is 0.768. The summed E-state index contributed by atoms with van der Waals surface area (Å²) < 4.78 is 5.96. The van der Waals surface area contributed by atoms with Crippen LogP contribution in [-0.2, 0) is 4.79 Å². The molecule has 0 aliphatic heterocycles. The molecular formula is C12H17BrN2O3. The topological polar surface area (TPSA) is 84.6 Å². The van der Waals surface area contributed by atoms with Crippen LogP contribution >= 0.6 is 15.9 Å². The Balaban J connectivity index is 2.78. The molecule has 5 nitrogen and oxygen atoms in total. The zero-order valence-electron chi connectivity index (χ0n) is 10.4. The van der Waals surface area contributed by atoms with Crippen molar-refractivity contribution >= 4 is 27.5 Å². The van der Waals surface area contributed by atoms with E-state index in [1.807, 2.05) is 6.07 Å². The highest BCUT2D eigenvalue weighted by Gasteiger charge is 2.23. The molecule has 1 rings (SSSR count). The standard InChI is InChI=1S/C12H17BrN2O3/c1-12(17,7-14)6-11(16)15-9-5-8(13)3-4-10(9)18-2/h3-5,17H,6-7,14H2,1-2H3,(H,15,16). The highest BCUT2D eigenvalue weighted by atomic mass is 79.9. The number of anilines is 1. The summed E-state index contributed by atoms with van der Waals surface area (Å²) in [6, 6.07) is 5.28. The van der Waals surface area contributed by atoms with Crippen molar-refractivity contribution in [3.05, 3.63) is 22.7 Å². The van der Waals surface area contributed by atoms with Crippen LogP contribution in [0, 0.1) is 0 Å². The summed E-state index contributed by atoms with van der Waals surface area (Å²) >= 11 is 3.31. The number of nitrogens with one attached hydrogen (secondary N) is 1. The van der Waals surface area contributed by atoms with E-state index < -0.39 is 5.60 Å². The molecule has 0 spiro atoms. The van der Waals surface area contributed by atoms with Gasteiger partial charge in [0.05, 0.1) is 24.8 Å². The third kappa shape index (κ3) is 4.29. The predicted molar refractivity (Wildman–Crippen MR) is 73.6 cm³/mol. The van der Waals surface area contributed by atoms with Gasteiger partial charge in [-0.05, 0) is 25.1 Å².